The molecule has 1 aromatic heterocycles. The molecule has 1 aromatic carbocycles. The molecule has 2 N–H and O–H groups in total. The molecule has 0 spiro atoms. The van der Waals surface area contributed by atoms with Gasteiger partial charge in [-0.25, -0.2) is 13.1 Å². The lowest BCUT2D eigenvalue weighted by molar-refractivity contribution is 0.475. The molecule has 0 fully saturated rings. The van der Waals surface area contributed by atoms with Crippen LogP contribution < -0.4 is 4.72 Å². The number of thiophene rings is 1. The van der Waals surface area contributed by atoms with Crippen molar-refractivity contribution in [3.05, 3.63) is 44.6 Å². The summed E-state index contributed by atoms with van der Waals surface area (Å²) in [5.41, 5.74) is 0.917. The summed E-state index contributed by atoms with van der Waals surface area (Å²) >= 11 is 12.6. The van der Waals surface area contributed by atoms with E-state index in [9.17, 15) is 8.42 Å². The normalized spacial score (nSPS) is 11.7. The van der Waals surface area contributed by atoms with Gasteiger partial charge in [-0.3, -0.25) is 0 Å². The van der Waals surface area contributed by atoms with Crippen molar-refractivity contribution < 1.29 is 13.5 Å². The number of sulfonamides is 1. The molecular weight excluding hydrogens is 341 g/mol. The minimum absolute atomic E-state index is 0.000118. The molecule has 2 rings (SSSR count). The van der Waals surface area contributed by atoms with E-state index in [1.807, 2.05) is 0 Å². The Morgan fingerprint density at radius 2 is 1.85 bits per heavy atom. The molecule has 108 valence electrons. The summed E-state index contributed by atoms with van der Waals surface area (Å²) in [6, 6.07) is 7.91. The molecule has 0 unspecified atom stereocenters. The maximum Gasteiger partial charge on any atom is 0.242 e. The highest BCUT2D eigenvalue weighted by molar-refractivity contribution is 7.89. The first-order chi connectivity index (χ1) is 9.38. The lowest BCUT2D eigenvalue weighted by Crippen LogP contribution is -2.25. The summed E-state index contributed by atoms with van der Waals surface area (Å²) in [6.07, 6.45) is 0.509. The maximum absolute atomic E-state index is 12.0. The average molecular weight is 352 g/mol. The van der Waals surface area contributed by atoms with E-state index < -0.39 is 10.0 Å². The van der Waals surface area contributed by atoms with Crippen molar-refractivity contribution >= 4 is 44.6 Å². The van der Waals surface area contributed by atoms with Crippen LogP contribution in [0.5, 0.6) is 5.75 Å². The number of aromatic hydroxyl groups is 1. The van der Waals surface area contributed by atoms with Gasteiger partial charge in [0.25, 0.3) is 0 Å². The second kappa shape index (κ2) is 6.32. The standard InChI is InChI=1S/C12H11Cl2NO3S2/c13-11-7-10(12(14)19-11)20(17,18)15-6-5-8-1-3-9(16)4-2-8/h1-4,7,15-16H,5-6H2. The molecule has 0 saturated carbocycles. The highest BCUT2D eigenvalue weighted by atomic mass is 35.5. The Hall–Kier alpha value is -0.790. The average Bonchev–Trinajstić information content (AvgIpc) is 2.72. The summed E-state index contributed by atoms with van der Waals surface area (Å²) in [5, 5.41) is 9.16. The van der Waals surface area contributed by atoms with Crippen LogP contribution in [0.2, 0.25) is 8.67 Å². The number of rotatable bonds is 5. The number of phenolic OH excluding ortho intramolecular Hbond substituents is 1. The molecular formula is C12H11Cl2NO3S2. The van der Waals surface area contributed by atoms with E-state index in [4.69, 9.17) is 28.3 Å². The molecule has 8 heteroatoms. The summed E-state index contributed by atoms with van der Waals surface area (Å²) in [5.74, 6) is 0.175. The Morgan fingerprint density at radius 3 is 2.40 bits per heavy atom. The van der Waals surface area contributed by atoms with Gasteiger partial charge in [0.05, 0.1) is 4.34 Å². The van der Waals surface area contributed by atoms with Gasteiger partial charge in [-0.15, -0.1) is 11.3 Å². The van der Waals surface area contributed by atoms with E-state index in [0.717, 1.165) is 16.9 Å². The zero-order valence-corrected chi connectivity index (χ0v) is 13.3. The highest BCUT2D eigenvalue weighted by Crippen LogP contribution is 2.33. The lowest BCUT2D eigenvalue weighted by atomic mass is 10.1. The molecule has 0 atom stereocenters. The van der Waals surface area contributed by atoms with Crippen molar-refractivity contribution in [1.82, 2.24) is 4.72 Å². The van der Waals surface area contributed by atoms with Gasteiger partial charge in [-0.05, 0) is 30.2 Å². The van der Waals surface area contributed by atoms with E-state index in [-0.39, 0.29) is 21.5 Å². The van der Waals surface area contributed by atoms with E-state index in [1.54, 1.807) is 24.3 Å². The molecule has 4 nitrogen and oxygen atoms in total. The predicted octanol–water partition coefficient (Wildman–Crippen LogP) is 3.28. The van der Waals surface area contributed by atoms with Crippen molar-refractivity contribution in [3.63, 3.8) is 0 Å². The maximum atomic E-state index is 12.0. The van der Waals surface area contributed by atoms with Gasteiger partial charge in [0.2, 0.25) is 10.0 Å². The molecule has 0 aliphatic carbocycles. The van der Waals surface area contributed by atoms with E-state index >= 15 is 0 Å². The number of halogens is 2. The Labute approximate surface area is 131 Å². The van der Waals surface area contributed by atoms with Crippen LogP contribution in [0, 0.1) is 0 Å². The number of hydrogen-bond donors (Lipinski definition) is 2. The molecule has 0 saturated heterocycles. The largest absolute Gasteiger partial charge is 0.508 e. The van der Waals surface area contributed by atoms with Crippen molar-refractivity contribution in [1.29, 1.82) is 0 Å². The summed E-state index contributed by atoms with van der Waals surface area (Å²) in [7, 11) is -3.65. The fourth-order valence-corrected chi connectivity index (χ4v) is 4.76. The monoisotopic (exact) mass is 351 g/mol. The van der Waals surface area contributed by atoms with Crippen LogP contribution in [0.1, 0.15) is 5.56 Å². The first-order valence-electron chi connectivity index (χ1n) is 5.61. The first-order valence-corrected chi connectivity index (χ1v) is 8.66. The minimum Gasteiger partial charge on any atom is -0.508 e. The molecule has 0 amide bonds. The molecule has 0 radical (unpaired) electrons. The zero-order chi connectivity index (χ0) is 14.8. The van der Waals surface area contributed by atoms with E-state index in [2.05, 4.69) is 4.72 Å². The van der Waals surface area contributed by atoms with E-state index in [1.165, 1.54) is 6.07 Å². The van der Waals surface area contributed by atoms with Gasteiger partial charge in [0.1, 0.15) is 15.0 Å². The second-order valence-corrected chi connectivity index (χ2v) is 8.02. The summed E-state index contributed by atoms with van der Waals surface area (Å²) < 4.78 is 27.0. The third-order valence-corrected chi connectivity index (χ3v) is 5.77. The van der Waals surface area contributed by atoms with E-state index in [0.29, 0.717) is 10.8 Å². The number of benzene rings is 1. The van der Waals surface area contributed by atoms with Crippen molar-refractivity contribution in [2.45, 2.75) is 11.3 Å². The van der Waals surface area contributed by atoms with Gasteiger partial charge in [0.15, 0.2) is 0 Å². The van der Waals surface area contributed by atoms with Crippen LogP contribution in [-0.2, 0) is 16.4 Å². The molecule has 0 aliphatic heterocycles. The Morgan fingerprint density at radius 1 is 1.20 bits per heavy atom. The van der Waals surface area contributed by atoms with Crippen LogP contribution in [-0.4, -0.2) is 20.1 Å². The quantitative estimate of drug-likeness (QED) is 0.868. The van der Waals surface area contributed by atoms with Gasteiger partial charge < -0.3 is 5.11 Å². The van der Waals surface area contributed by atoms with Gasteiger partial charge in [-0.2, -0.15) is 0 Å². The van der Waals surface area contributed by atoms with Gasteiger partial charge in [-0.1, -0.05) is 35.3 Å². The predicted molar refractivity (Wildman–Crippen MR) is 81.3 cm³/mol. The third-order valence-electron chi connectivity index (χ3n) is 2.56. The lowest BCUT2D eigenvalue weighted by Gasteiger charge is -2.06. The number of phenols is 1. The smallest absolute Gasteiger partial charge is 0.242 e. The molecule has 20 heavy (non-hydrogen) atoms. The Balaban J connectivity index is 1.99. The fraction of sp³-hybridized carbons (Fsp3) is 0.167. The van der Waals surface area contributed by atoms with Crippen LogP contribution >= 0.6 is 34.5 Å². The van der Waals surface area contributed by atoms with Crippen LogP contribution in [0.3, 0.4) is 0 Å². The van der Waals surface area contributed by atoms with Crippen LogP contribution in [0.15, 0.2) is 35.2 Å². The first kappa shape index (κ1) is 15.6. The number of nitrogens with one attached hydrogen (secondary N) is 1. The third kappa shape index (κ3) is 3.86. The second-order valence-electron chi connectivity index (χ2n) is 4.00. The fourth-order valence-electron chi connectivity index (χ4n) is 1.58. The van der Waals surface area contributed by atoms with Gasteiger partial charge in [0, 0.05) is 6.54 Å². The van der Waals surface area contributed by atoms with Crippen molar-refractivity contribution in [2.24, 2.45) is 0 Å². The zero-order valence-electron chi connectivity index (χ0n) is 10.1. The topological polar surface area (TPSA) is 66.4 Å². The minimum atomic E-state index is -3.65. The molecule has 2 aromatic rings. The number of hydrogen-bond acceptors (Lipinski definition) is 4. The molecule has 1 heterocycles. The Bertz CT molecular complexity index is 696. The van der Waals surface area contributed by atoms with Crippen LogP contribution in [0.25, 0.3) is 0 Å². The highest BCUT2D eigenvalue weighted by Gasteiger charge is 2.20. The summed E-state index contributed by atoms with van der Waals surface area (Å²) in [4.78, 5) is -0.000118. The van der Waals surface area contributed by atoms with Crippen molar-refractivity contribution in [2.75, 3.05) is 6.54 Å². The summed E-state index contributed by atoms with van der Waals surface area (Å²) in [6.45, 7) is 0.233. The molecule has 0 aliphatic rings. The SMILES string of the molecule is O=S(=O)(NCCc1ccc(O)cc1)c1cc(Cl)sc1Cl. The molecule has 0 bridgehead atoms. The Kier molecular flexibility index (Phi) is 4.93. The van der Waals surface area contributed by atoms with Gasteiger partial charge >= 0.3 is 0 Å². The van der Waals surface area contributed by atoms with Crippen molar-refractivity contribution in [3.8, 4) is 5.75 Å². The van der Waals surface area contributed by atoms with Crippen LogP contribution in [0.4, 0.5) is 0 Å².